The van der Waals surface area contributed by atoms with Gasteiger partial charge in [0, 0.05) is 18.0 Å². The lowest BCUT2D eigenvalue weighted by atomic mass is 9.76. The van der Waals surface area contributed by atoms with Gasteiger partial charge in [0.25, 0.3) is 0 Å². The molecule has 174 valence electrons. The molecule has 1 aliphatic heterocycles. The van der Waals surface area contributed by atoms with E-state index in [1.54, 1.807) is 26.4 Å². The van der Waals surface area contributed by atoms with Crippen LogP contribution in [0.15, 0.2) is 76.9 Å². The van der Waals surface area contributed by atoms with Crippen LogP contribution in [0.3, 0.4) is 0 Å². The first-order chi connectivity index (χ1) is 16.5. The van der Waals surface area contributed by atoms with Gasteiger partial charge in [0.15, 0.2) is 11.5 Å². The highest BCUT2D eigenvalue weighted by Gasteiger charge is 2.40. The lowest BCUT2D eigenvalue weighted by Gasteiger charge is -2.32. The van der Waals surface area contributed by atoms with Crippen LogP contribution in [0.5, 0.6) is 11.5 Å². The van der Waals surface area contributed by atoms with Crippen molar-refractivity contribution in [3.05, 3.63) is 93.9 Å². The molecule has 2 aliphatic rings. The van der Waals surface area contributed by atoms with Crippen molar-refractivity contribution in [3.8, 4) is 11.5 Å². The summed E-state index contributed by atoms with van der Waals surface area (Å²) in [6, 6.07) is 18.2. The maximum absolute atomic E-state index is 14.0. The first-order valence-electron chi connectivity index (χ1n) is 11.0. The highest BCUT2D eigenvalue weighted by molar-refractivity contribution is 9.10. The minimum absolute atomic E-state index is 0.107. The van der Waals surface area contributed by atoms with Gasteiger partial charge in [-0.25, -0.2) is 4.39 Å². The Hall–Kier alpha value is -3.32. The highest BCUT2D eigenvalue weighted by atomic mass is 79.9. The molecule has 0 spiro atoms. The van der Waals surface area contributed by atoms with Crippen LogP contribution in [-0.4, -0.2) is 20.0 Å². The van der Waals surface area contributed by atoms with Crippen LogP contribution in [0.25, 0.3) is 0 Å². The Bertz CT molecular complexity index is 1290. The van der Waals surface area contributed by atoms with Gasteiger partial charge in [0.1, 0.15) is 11.6 Å². The van der Waals surface area contributed by atoms with E-state index >= 15 is 0 Å². The molecule has 0 fully saturated rings. The van der Waals surface area contributed by atoms with Crippen molar-refractivity contribution in [1.29, 1.82) is 0 Å². The number of carbonyl (C=O) groups excluding carboxylic acids is 1. The summed E-state index contributed by atoms with van der Waals surface area (Å²) >= 11 is 3.29. The van der Waals surface area contributed by atoms with Crippen LogP contribution in [0, 0.1) is 11.7 Å². The molecule has 7 heteroatoms. The van der Waals surface area contributed by atoms with Crippen molar-refractivity contribution in [1.82, 2.24) is 0 Å². The van der Waals surface area contributed by atoms with Crippen LogP contribution < -0.4 is 20.1 Å². The number of allylic oxidation sites excluding steroid dienone is 1. The number of para-hydroxylation sites is 2. The van der Waals surface area contributed by atoms with Crippen LogP contribution >= 0.6 is 15.9 Å². The zero-order valence-corrected chi connectivity index (χ0v) is 20.4. The maximum atomic E-state index is 14.0. The van der Waals surface area contributed by atoms with Gasteiger partial charge in [-0.05, 0) is 63.5 Å². The molecule has 34 heavy (non-hydrogen) atoms. The number of nitrogens with one attached hydrogen (secondary N) is 2. The zero-order chi connectivity index (χ0) is 23.8. The lowest BCUT2D eigenvalue weighted by molar-refractivity contribution is -0.122. The summed E-state index contributed by atoms with van der Waals surface area (Å²) in [5.41, 5.74) is 4.42. The molecule has 0 saturated carbocycles. The first kappa shape index (κ1) is 22.5. The number of methoxy groups -OCH3 is 2. The Morgan fingerprint density at radius 2 is 1.68 bits per heavy atom. The number of anilines is 2. The summed E-state index contributed by atoms with van der Waals surface area (Å²) in [6.07, 6.45) is 2.48. The molecule has 2 N–H and O–H groups in total. The van der Waals surface area contributed by atoms with Crippen LogP contribution in [0.1, 0.15) is 29.5 Å². The molecule has 5 nitrogen and oxygen atoms in total. The molecular weight excluding hydrogens is 499 g/mol. The Balaban J connectivity index is 1.60. The summed E-state index contributed by atoms with van der Waals surface area (Å²) in [7, 11) is 3.20. The predicted molar refractivity (Wildman–Crippen MR) is 134 cm³/mol. The number of benzene rings is 3. The lowest BCUT2D eigenvalue weighted by Crippen LogP contribution is -2.33. The van der Waals surface area contributed by atoms with E-state index in [-0.39, 0.29) is 23.6 Å². The van der Waals surface area contributed by atoms with Gasteiger partial charge in [-0.1, -0.05) is 30.3 Å². The molecule has 3 atom stereocenters. The fourth-order valence-electron chi connectivity index (χ4n) is 4.78. The van der Waals surface area contributed by atoms with E-state index < -0.39 is 5.92 Å². The van der Waals surface area contributed by atoms with E-state index in [1.807, 2.05) is 42.5 Å². The number of hydrogen-bond donors (Lipinski definition) is 2. The zero-order valence-electron chi connectivity index (χ0n) is 18.8. The quantitative estimate of drug-likeness (QED) is 0.412. The third-order valence-corrected chi connectivity index (χ3v) is 7.08. The number of Topliss-reactive ketones (excluding diaryl/α,β-unsaturated/α-hetero) is 1. The number of halogens is 2. The van der Waals surface area contributed by atoms with Crippen molar-refractivity contribution in [2.24, 2.45) is 5.92 Å². The van der Waals surface area contributed by atoms with E-state index in [9.17, 15) is 9.18 Å². The fraction of sp³-hybridized carbons (Fsp3) is 0.222. The Kier molecular flexibility index (Phi) is 6.04. The number of hydrogen-bond acceptors (Lipinski definition) is 5. The van der Waals surface area contributed by atoms with E-state index in [0.29, 0.717) is 22.4 Å². The molecular formula is C27H24BrFN2O3. The second-order valence-corrected chi connectivity index (χ2v) is 9.31. The van der Waals surface area contributed by atoms with E-state index in [4.69, 9.17) is 9.47 Å². The monoisotopic (exact) mass is 522 g/mol. The third kappa shape index (κ3) is 4.05. The molecule has 0 amide bonds. The van der Waals surface area contributed by atoms with Crippen molar-refractivity contribution in [2.75, 3.05) is 24.9 Å². The molecule has 5 rings (SSSR count). The van der Waals surface area contributed by atoms with Crippen molar-refractivity contribution in [3.63, 3.8) is 0 Å². The Morgan fingerprint density at radius 1 is 0.941 bits per heavy atom. The van der Waals surface area contributed by atoms with Gasteiger partial charge in [-0.15, -0.1) is 0 Å². The average molecular weight is 523 g/mol. The first-order valence-corrected chi connectivity index (χ1v) is 11.8. The normalized spacial score (nSPS) is 21.2. The van der Waals surface area contributed by atoms with E-state index in [0.717, 1.165) is 28.2 Å². The number of ether oxygens (including phenoxy) is 2. The van der Waals surface area contributed by atoms with Gasteiger partial charge in [0.05, 0.1) is 42.0 Å². The van der Waals surface area contributed by atoms with Crippen molar-refractivity contribution >= 4 is 33.1 Å². The summed E-state index contributed by atoms with van der Waals surface area (Å²) in [5, 5.41) is 7.04. The van der Waals surface area contributed by atoms with Gasteiger partial charge in [0.2, 0.25) is 0 Å². The largest absolute Gasteiger partial charge is 0.493 e. The smallest absolute Gasteiger partial charge is 0.161 e. The average Bonchev–Trinajstić information content (AvgIpc) is 3.02. The van der Waals surface area contributed by atoms with Crippen molar-refractivity contribution in [2.45, 2.75) is 18.4 Å². The number of ketones is 1. The number of rotatable bonds is 4. The van der Waals surface area contributed by atoms with Gasteiger partial charge in [-0.3, -0.25) is 4.79 Å². The Labute approximate surface area is 206 Å². The molecule has 0 aromatic heterocycles. The van der Waals surface area contributed by atoms with Crippen LogP contribution in [0.2, 0.25) is 0 Å². The molecule has 1 heterocycles. The fourth-order valence-corrected chi connectivity index (χ4v) is 5.18. The second-order valence-electron chi connectivity index (χ2n) is 8.46. The minimum atomic E-state index is -0.443. The van der Waals surface area contributed by atoms with Gasteiger partial charge >= 0.3 is 0 Å². The number of carbonyl (C=O) groups is 1. The van der Waals surface area contributed by atoms with Crippen LogP contribution in [0.4, 0.5) is 15.8 Å². The minimum Gasteiger partial charge on any atom is -0.493 e. The standard InChI is InChI=1S/C27H24BrFN2O3/c1-33-24-10-8-15(14-25(24)34-2)17-12-22-26(23(32)13-17)27(16-7-9-19(29)18(28)11-16)31-21-6-4-3-5-20(21)30-22/h3-12,14,17,26-27,30-31H,13H2,1-2H3. The summed E-state index contributed by atoms with van der Waals surface area (Å²) in [6.45, 7) is 0. The predicted octanol–water partition coefficient (Wildman–Crippen LogP) is 6.44. The molecule has 3 aromatic carbocycles. The van der Waals surface area contributed by atoms with E-state index in [1.165, 1.54) is 6.07 Å². The second kappa shape index (κ2) is 9.14. The summed E-state index contributed by atoms with van der Waals surface area (Å²) in [5.74, 6) is 0.484. The molecule has 0 radical (unpaired) electrons. The molecule has 1 aliphatic carbocycles. The maximum Gasteiger partial charge on any atom is 0.161 e. The van der Waals surface area contributed by atoms with E-state index in [2.05, 4.69) is 32.6 Å². The van der Waals surface area contributed by atoms with Crippen LogP contribution in [-0.2, 0) is 4.79 Å². The third-order valence-electron chi connectivity index (χ3n) is 6.47. The summed E-state index contributed by atoms with van der Waals surface area (Å²) < 4.78 is 25.2. The van der Waals surface area contributed by atoms with Gasteiger partial charge in [-0.2, -0.15) is 0 Å². The summed E-state index contributed by atoms with van der Waals surface area (Å²) in [4.78, 5) is 13.7. The SMILES string of the molecule is COc1ccc(C2C=C3Nc4ccccc4NC(c4ccc(F)c(Br)c4)C3C(=O)C2)cc1OC. The van der Waals surface area contributed by atoms with Gasteiger partial charge < -0.3 is 20.1 Å². The molecule has 3 aromatic rings. The molecule has 0 bridgehead atoms. The van der Waals surface area contributed by atoms with Crippen molar-refractivity contribution < 1.29 is 18.7 Å². The molecule has 3 unspecified atom stereocenters. The topological polar surface area (TPSA) is 59.6 Å². The molecule has 0 saturated heterocycles. The highest BCUT2D eigenvalue weighted by Crippen LogP contribution is 2.45. The number of fused-ring (bicyclic) bond motifs is 2. The Morgan fingerprint density at radius 3 is 2.41 bits per heavy atom.